The van der Waals surface area contributed by atoms with Gasteiger partial charge in [0.1, 0.15) is 0 Å². The van der Waals surface area contributed by atoms with Crippen LogP contribution in [0.3, 0.4) is 0 Å². The van der Waals surface area contributed by atoms with Gasteiger partial charge in [0.15, 0.2) is 0 Å². The van der Waals surface area contributed by atoms with Crippen LogP contribution in [-0.2, 0) is 0 Å². The SMILES string of the molecule is CCC(CC)C(O)C1CCCCC1(C)C. The van der Waals surface area contributed by atoms with Crippen LogP contribution in [-0.4, -0.2) is 11.2 Å². The van der Waals surface area contributed by atoms with Crippen molar-refractivity contribution in [2.75, 3.05) is 0 Å². The molecular weight excluding hydrogens is 184 g/mol. The molecule has 1 rings (SSSR count). The highest BCUT2D eigenvalue weighted by atomic mass is 16.3. The molecule has 1 N–H and O–H groups in total. The second-order valence-electron chi connectivity index (χ2n) is 5.91. The summed E-state index contributed by atoms with van der Waals surface area (Å²) in [6.07, 6.45) is 7.33. The Balaban J connectivity index is 2.67. The van der Waals surface area contributed by atoms with Crippen molar-refractivity contribution in [3.63, 3.8) is 0 Å². The van der Waals surface area contributed by atoms with Gasteiger partial charge >= 0.3 is 0 Å². The summed E-state index contributed by atoms with van der Waals surface area (Å²) in [5, 5.41) is 10.5. The molecule has 0 radical (unpaired) electrons. The van der Waals surface area contributed by atoms with Gasteiger partial charge in [-0.2, -0.15) is 0 Å². The van der Waals surface area contributed by atoms with Crippen LogP contribution in [0.1, 0.15) is 66.2 Å². The Morgan fingerprint density at radius 1 is 1.20 bits per heavy atom. The Kier molecular flexibility index (Phi) is 4.64. The van der Waals surface area contributed by atoms with Gasteiger partial charge in [-0.15, -0.1) is 0 Å². The molecule has 1 aliphatic rings. The highest BCUT2D eigenvalue weighted by Crippen LogP contribution is 2.44. The molecule has 1 fully saturated rings. The van der Waals surface area contributed by atoms with Crippen molar-refractivity contribution in [1.82, 2.24) is 0 Å². The summed E-state index contributed by atoms with van der Waals surface area (Å²) in [5.74, 6) is 1.03. The van der Waals surface area contributed by atoms with Crippen molar-refractivity contribution >= 4 is 0 Å². The summed E-state index contributed by atoms with van der Waals surface area (Å²) in [5.41, 5.74) is 0.347. The topological polar surface area (TPSA) is 20.2 Å². The Bertz CT molecular complexity index is 182. The fourth-order valence-corrected chi connectivity index (χ4v) is 3.25. The highest BCUT2D eigenvalue weighted by Gasteiger charge is 2.38. The van der Waals surface area contributed by atoms with Crippen LogP contribution in [0.15, 0.2) is 0 Å². The van der Waals surface area contributed by atoms with Crippen molar-refractivity contribution in [3.05, 3.63) is 0 Å². The lowest BCUT2D eigenvalue weighted by Crippen LogP contribution is -2.40. The van der Waals surface area contributed by atoms with Gasteiger partial charge in [-0.3, -0.25) is 0 Å². The lowest BCUT2D eigenvalue weighted by molar-refractivity contribution is -0.0308. The quantitative estimate of drug-likeness (QED) is 0.747. The Morgan fingerprint density at radius 2 is 1.80 bits per heavy atom. The number of aliphatic hydroxyl groups excluding tert-OH is 1. The molecule has 1 aliphatic carbocycles. The number of hydrogen-bond acceptors (Lipinski definition) is 1. The van der Waals surface area contributed by atoms with Crippen LogP contribution < -0.4 is 0 Å². The van der Waals surface area contributed by atoms with E-state index in [-0.39, 0.29) is 6.10 Å². The van der Waals surface area contributed by atoms with Crippen LogP contribution in [0.25, 0.3) is 0 Å². The van der Waals surface area contributed by atoms with Crippen molar-refractivity contribution in [1.29, 1.82) is 0 Å². The molecule has 15 heavy (non-hydrogen) atoms. The van der Waals surface area contributed by atoms with E-state index in [0.717, 1.165) is 12.8 Å². The van der Waals surface area contributed by atoms with Crippen molar-refractivity contribution < 1.29 is 5.11 Å². The molecule has 0 aromatic heterocycles. The van der Waals surface area contributed by atoms with Crippen molar-refractivity contribution in [3.8, 4) is 0 Å². The molecule has 0 bridgehead atoms. The van der Waals surface area contributed by atoms with Crippen LogP contribution >= 0.6 is 0 Å². The lowest BCUT2D eigenvalue weighted by atomic mass is 9.64. The predicted molar refractivity (Wildman–Crippen MR) is 65.8 cm³/mol. The van der Waals surface area contributed by atoms with Gasteiger partial charge in [-0.1, -0.05) is 53.4 Å². The maximum atomic E-state index is 10.5. The normalized spacial score (nSPS) is 28.0. The fourth-order valence-electron chi connectivity index (χ4n) is 3.25. The van der Waals surface area contributed by atoms with Crippen LogP contribution in [0.4, 0.5) is 0 Å². The van der Waals surface area contributed by atoms with Gasteiger partial charge in [0.05, 0.1) is 6.10 Å². The van der Waals surface area contributed by atoms with E-state index in [1.165, 1.54) is 25.7 Å². The molecule has 0 aromatic rings. The lowest BCUT2D eigenvalue weighted by Gasteiger charge is -2.43. The van der Waals surface area contributed by atoms with E-state index >= 15 is 0 Å². The minimum Gasteiger partial charge on any atom is -0.393 e. The zero-order valence-corrected chi connectivity index (χ0v) is 10.9. The van der Waals surface area contributed by atoms with E-state index in [2.05, 4.69) is 27.7 Å². The first-order valence-electron chi connectivity index (χ1n) is 6.71. The van der Waals surface area contributed by atoms with Crippen molar-refractivity contribution in [2.24, 2.45) is 17.3 Å². The van der Waals surface area contributed by atoms with Crippen LogP contribution in [0, 0.1) is 17.3 Å². The zero-order valence-electron chi connectivity index (χ0n) is 10.9. The summed E-state index contributed by atoms with van der Waals surface area (Å²) in [6.45, 7) is 9.07. The minimum atomic E-state index is -0.0738. The van der Waals surface area contributed by atoms with E-state index in [1.54, 1.807) is 0 Å². The average molecular weight is 212 g/mol. The molecule has 0 heterocycles. The third-order valence-corrected chi connectivity index (χ3v) is 4.53. The minimum absolute atomic E-state index is 0.0738. The Morgan fingerprint density at radius 3 is 2.27 bits per heavy atom. The second-order valence-corrected chi connectivity index (χ2v) is 5.91. The number of hydrogen-bond donors (Lipinski definition) is 1. The second kappa shape index (κ2) is 5.34. The highest BCUT2D eigenvalue weighted by molar-refractivity contribution is 4.89. The molecule has 1 nitrogen and oxygen atoms in total. The largest absolute Gasteiger partial charge is 0.393 e. The van der Waals surface area contributed by atoms with E-state index in [9.17, 15) is 5.11 Å². The Hall–Kier alpha value is -0.0400. The Labute approximate surface area is 95.3 Å². The monoisotopic (exact) mass is 212 g/mol. The van der Waals surface area contributed by atoms with Crippen LogP contribution in [0.5, 0.6) is 0 Å². The summed E-state index contributed by atoms with van der Waals surface area (Å²) in [6, 6.07) is 0. The summed E-state index contributed by atoms with van der Waals surface area (Å²) in [7, 11) is 0. The summed E-state index contributed by atoms with van der Waals surface area (Å²) in [4.78, 5) is 0. The molecule has 0 saturated heterocycles. The third kappa shape index (κ3) is 2.96. The maximum absolute atomic E-state index is 10.5. The summed E-state index contributed by atoms with van der Waals surface area (Å²) < 4.78 is 0. The summed E-state index contributed by atoms with van der Waals surface area (Å²) >= 11 is 0. The molecule has 1 saturated carbocycles. The zero-order chi connectivity index (χ0) is 11.5. The third-order valence-electron chi connectivity index (χ3n) is 4.53. The van der Waals surface area contributed by atoms with Gasteiger partial charge in [-0.25, -0.2) is 0 Å². The van der Waals surface area contributed by atoms with Gasteiger partial charge in [-0.05, 0) is 30.1 Å². The maximum Gasteiger partial charge on any atom is 0.0601 e. The van der Waals surface area contributed by atoms with Crippen LogP contribution in [0.2, 0.25) is 0 Å². The molecule has 0 aliphatic heterocycles. The average Bonchev–Trinajstić information content (AvgIpc) is 2.18. The predicted octanol–water partition coefficient (Wildman–Crippen LogP) is 4.00. The molecule has 0 aromatic carbocycles. The number of aliphatic hydroxyl groups is 1. The molecule has 90 valence electrons. The van der Waals surface area contributed by atoms with E-state index in [1.807, 2.05) is 0 Å². The number of rotatable bonds is 4. The van der Waals surface area contributed by atoms with Gasteiger partial charge in [0.2, 0.25) is 0 Å². The molecule has 2 unspecified atom stereocenters. The molecule has 1 heteroatoms. The van der Waals surface area contributed by atoms with Gasteiger partial charge in [0, 0.05) is 0 Å². The standard InChI is InChI=1S/C14H28O/c1-5-11(6-2)13(15)12-9-7-8-10-14(12,3)4/h11-13,15H,5-10H2,1-4H3. The smallest absolute Gasteiger partial charge is 0.0601 e. The first-order valence-corrected chi connectivity index (χ1v) is 6.71. The van der Waals surface area contributed by atoms with E-state index in [4.69, 9.17) is 0 Å². The first-order chi connectivity index (χ1) is 7.03. The molecule has 0 spiro atoms. The molecular formula is C14H28O. The van der Waals surface area contributed by atoms with E-state index < -0.39 is 0 Å². The van der Waals surface area contributed by atoms with Crippen molar-refractivity contribution in [2.45, 2.75) is 72.3 Å². The fraction of sp³-hybridized carbons (Fsp3) is 1.00. The first kappa shape index (κ1) is 13.0. The van der Waals surface area contributed by atoms with Gasteiger partial charge in [0.25, 0.3) is 0 Å². The molecule has 0 amide bonds. The van der Waals surface area contributed by atoms with E-state index in [0.29, 0.717) is 17.3 Å². The van der Waals surface area contributed by atoms with Gasteiger partial charge < -0.3 is 5.11 Å². The molecule has 2 atom stereocenters.